The zero-order chi connectivity index (χ0) is 12.4. The second-order valence-corrected chi connectivity index (χ2v) is 3.52. The van der Waals surface area contributed by atoms with Gasteiger partial charge in [0, 0.05) is 0 Å². The predicted molar refractivity (Wildman–Crippen MR) is 59.5 cm³/mol. The van der Waals surface area contributed by atoms with E-state index in [0.29, 0.717) is 5.69 Å². The predicted octanol–water partition coefficient (Wildman–Crippen LogP) is -0.348. The Kier molecular flexibility index (Phi) is 2.88. The third-order valence-corrected chi connectivity index (χ3v) is 2.39. The van der Waals surface area contributed by atoms with Crippen molar-refractivity contribution in [2.24, 2.45) is 5.73 Å². The molecule has 1 saturated heterocycles. The Morgan fingerprint density at radius 1 is 1.18 bits per heavy atom. The molecule has 1 aliphatic rings. The summed E-state index contributed by atoms with van der Waals surface area (Å²) < 4.78 is 0. The maximum Gasteiger partial charge on any atom is 0.262 e. The van der Waals surface area contributed by atoms with Crippen LogP contribution in [0.3, 0.4) is 0 Å². The van der Waals surface area contributed by atoms with Gasteiger partial charge in [0.15, 0.2) is 0 Å². The van der Waals surface area contributed by atoms with E-state index in [2.05, 4.69) is 0 Å². The highest BCUT2D eigenvalue weighted by molar-refractivity contribution is 6.18. The third kappa shape index (κ3) is 1.90. The molecule has 1 aromatic carbocycles. The number of benzene rings is 1. The van der Waals surface area contributed by atoms with Gasteiger partial charge in [0.05, 0.1) is 12.2 Å². The molecule has 1 fully saturated rings. The van der Waals surface area contributed by atoms with E-state index < -0.39 is 17.7 Å². The Bertz CT molecular complexity index is 472. The van der Waals surface area contributed by atoms with Crippen LogP contribution in [0.2, 0.25) is 0 Å². The fraction of sp³-hybridized carbons (Fsp3) is 0.182. The standard InChI is InChI=1S/C11H11N3O3/c12-7-11(17)14-10(16)6-9(15)13(14)8-4-2-1-3-5-8/h1-5H,6-7,12H2. The van der Waals surface area contributed by atoms with Gasteiger partial charge in [-0.1, -0.05) is 18.2 Å². The molecule has 88 valence electrons. The summed E-state index contributed by atoms with van der Waals surface area (Å²) in [5.41, 5.74) is 5.70. The van der Waals surface area contributed by atoms with Gasteiger partial charge < -0.3 is 5.73 Å². The Morgan fingerprint density at radius 3 is 2.41 bits per heavy atom. The van der Waals surface area contributed by atoms with E-state index in [1.54, 1.807) is 30.3 Å². The number of amides is 3. The first-order chi connectivity index (χ1) is 8.15. The molecule has 0 unspecified atom stereocenters. The minimum atomic E-state index is -0.593. The van der Waals surface area contributed by atoms with Gasteiger partial charge in [0.1, 0.15) is 6.42 Å². The summed E-state index contributed by atoms with van der Waals surface area (Å²) in [5.74, 6) is -1.57. The molecule has 1 aliphatic heterocycles. The molecular weight excluding hydrogens is 222 g/mol. The summed E-state index contributed by atoms with van der Waals surface area (Å²) in [5, 5.41) is 1.87. The summed E-state index contributed by atoms with van der Waals surface area (Å²) in [6, 6.07) is 8.51. The number of imide groups is 1. The van der Waals surface area contributed by atoms with E-state index in [1.165, 1.54) is 0 Å². The topological polar surface area (TPSA) is 83.7 Å². The van der Waals surface area contributed by atoms with Gasteiger partial charge in [0.25, 0.3) is 17.7 Å². The Hall–Kier alpha value is -2.21. The molecule has 3 amide bonds. The molecule has 0 aromatic heterocycles. The Balaban J connectivity index is 2.39. The van der Waals surface area contributed by atoms with Crippen molar-refractivity contribution in [1.29, 1.82) is 0 Å². The average molecular weight is 233 g/mol. The number of hydrazine groups is 1. The van der Waals surface area contributed by atoms with Crippen LogP contribution in [0.15, 0.2) is 30.3 Å². The number of nitrogens with zero attached hydrogens (tertiary/aromatic N) is 2. The number of carbonyl (C=O) groups excluding carboxylic acids is 3. The highest BCUT2D eigenvalue weighted by Crippen LogP contribution is 2.23. The number of carbonyl (C=O) groups is 3. The maximum absolute atomic E-state index is 11.7. The van der Waals surface area contributed by atoms with Gasteiger partial charge in [-0.2, -0.15) is 5.01 Å². The molecule has 2 rings (SSSR count). The monoisotopic (exact) mass is 233 g/mol. The van der Waals surface area contributed by atoms with E-state index in [1.807, 2.05) is 0 Å². The summed E-state index contributed by atoms with van der Waals surface area (Å²) in [6.45, 7) is -0.317. The normalized spacial score (nSPS) is 15.6. The molecule has 0 atom stereocenters. The minimum absolute atomic E-state index is 0.305. The van der Waals surface area contributed by atoms with Crippen molar-refractivity contribution in [2.45, 2.75) is 6.42 Å². The molecule has 2 N–H and O–H groups in total. The van der Waals surface area contributed by atoms with Crippen molar-refractivity contribution in [3.63, 3.8) is 0 Å². The van der Waals surface area contributed by atoms with Gasteiger partial charge >= 0.3 is 0 Å². The van der Waals surface area contributed by atoms with Gasteiger partial charge in [-0.25, -0.2) is 5.01 Å². The molecule has 6 heteroatoms. The van der Waals surface area contributed by atoms with Crippen LogP contribution in [0.1, 0.15) is 6.42 Å². The first-order valence-corrected chi connectivity index (χ1v) is 5.09. The van der Waals surface area contributed by atoms with Crippen molar-refractivity contribution >= 4 is 23.4 Å². The first kappa shape index (κ1) is 11.3. The average Bonchev–Trinajstić information content (AvgIpc) is 2.64. The number of anilines is 1. The van der Waals surface area contributed by atoms with Crippen molar-refractivity contribution < 1.29 is 14.4 Å². The van der Waals surface area contributed by atoms with Crippen LogP contribution in [0.25, 0.3) is 0 Å². The van der Waals surface area contributed by atoms with Gasteiger partial charge in [-0.05, 0) is 12.1 Å². The van der Waals surface area contributed by atoms with Crippen LogP contribution in [-0.2, 0) is 14.4 Å². The molecule has 17 heavy (non-hydrogen) atoms. The van der Waals surface area contributed by atoms with E-state index in [9.17, 15) is 14.4 Å². The zero-order valence-corrected chi connectivity index (χ0v) is 9.00. The lowest BCUT2D eigenvalue weighted by Crippen LogP contribution is -2.47. The van der Waals surface area contributed by atoms with Crippen LogP contribution >= 0.6 is 0 Å². The van der Waals surface area contributed by atoms with E-state index in [0.717, 1.165) is 10.0 Å². The molecule has 0 spiro atoms. The largest absolute Gasteiger partial charge is 0.322 e. The van der Waals surface area contributed by atoms with Crippen LogP contribution < -0.4 is 10.7 Å². The number of hydrogen-bond acceptors (Lipinski definition) is 4. The molecule has 1 aromatic rings. The quantitative estimate of drug-likeness (QED) is 0.708. The van der Waals surface area contributed by atoms with Gasteiger partial charge in [-0.15, -0.1) is 0 Å². The van der Waals surface area contributed by atoms with Crippen molar-refractivity contribution in [3.8, 4) is 0 Å². The number of rotatable bonds is 2. The maximum atomic E-state index is 11.7. The Morgan fingerprint density at radius 2 is 1.82 bits per heavy atom. The highest BCUT2D eigenvalue weighted by Gasteiger charge is 2.40. The Labute approximate surface area is 97.6 Å². The summed E-state index contributed by atoms with van der Waals surface area (Å²) in [4.78, 5) is 34.8. The lowest BCUT2D eigenvalue weighted by atomic mass is 10.3. The molecule has 6 nitrogen and oxygen atoms in total. The molecule has 0 bridgehead atoms. The van der Waals surface area contributed by atoms with E-state index in [4.69, 9.17) is 5.73 Å². The fourth-order valence-corrected chi connectivity index (χ4v) is 1.67. The molecule has 0 aliphatic carbocycles. The second kappa shape index (κ2) is 4.34. The summed E-state index contributed by atoms with van der Waals surface area (Å²) in [7, 11) is 0. The molecule has 1 heterocycles. The lowest BCUT2D eigenvalue weighted by molar-refractivity contribution is -0.141. The van der Waals surface area contributed by atoms with Crippen LogP contribution in [0, 0.1) is 0 Å². The number of nitrogens with two attached hydrogens (primary N) is 1. The van der Waals surface area contributed by atoms with Crippen LogP contribution in [0.4, 0.5) is 5.69 Å². The lowest BCUT2D eigenvalue weighted by Gasteiger charge is -2.25. The van der Waals surface area contributed by atoms with E-state index >= 15 is 0 Å². The smallest absolute Gasteiger partial charge is 0.262 e. The summed E-state index contributed by atoms with van der Waals surface area (Å²) in [6.07, 6.45) is -0.305. The molecule has 0 radical (unpaired) electrons. The number of hydrogen-bond donors (Lipinski definition) is 1. The third-order valence-electron chi connectivity index (χ3n) is 2.39. The highest BCUT2D eigenvalue weighted by atomic mass is 16.2. The second-order valence-electron chi connectivity index (χ2n) is 3.52. The first-order valence-electron chi connectivity index (χ1n) is 5.09. The molecular formula is C11H11N3O3. The van der Waals surface area contributed by atoms with Crippen molar-refractivity contribution in [3.05, 3.63) is 30.3 Å². The number of para-hydroxylation sites is 1. The van der Waals surface area contributed by atoms with Gasteiger partial charge in [-0.3, -0.25) is 14.4 Å². The SMILES string of the molecule is NCC(=O)N1C(=O)CC(=O)N1c1ccccc1. The van der Waals surface area contributed by atoms with Crippen molar-refractivity contribution in [2.75, 3.05) is 11.6 Å². The van der Waals surface area contributed by atoms with E-state index in [-0.39, 0.29) is 13.0 Å². The zero-order valence-electron chi connectivity index (χ0n) is 9.00. The molecule has 0 saturated carbocycles. The van der Waals surface area contributed by atoms with Gasteiger partial charge in [0.2, 0.25) is 0 Å². The summed E-state index contributed by atoms with van der Waals surface area (Å²) >= 11 is 0. The van der Waals surface area contributed by atoms with Crippen LogP contribution in [-0.4, -0.2) is 29.3 Å². The minimum Gasteiger partial charge on any atom is -0.322 e. The fourth-order valence-electron chi connectivity index (χ4n) is 1.67. The van der Waals surface area contributed by atoms with Crippen LogP contribution in [0.5, 0.6) is 0 Å². The van der Waals surface area contributed by atoms with Crippen molar-refractivity contribution in [1.82, 2.24) is 5.01 Å².